The molecule has 3 heterocycles. The van der Waals surface area contributed by atoms with Gasteiger partial charge in [-0.1, -0.05) is 30.3 Å². The van der Waals surface area contributed by atoms with Gasteiger partial charge in [0.05, 0.1) is 17.8 Å². The van der Waals surface area contributed by atoms with Gasteiger partial charge in [-0.25, -0.2) is 9.97 Å². The molecule has 0 amide bonds. The molecule has 2 fully saturated rings. The van der Waals surface area contributed by atoms with Crippen LogP contribution in [-0.4, -0.2) is 43.5 Å². The largest absolute Gasteiger partial charge is 0.390 e. The van der Waals surface area contributed by atoms with Gasteiger partial charge in [0.15, 0.2) is 0 Å². The van der Waals surface area contributed by atoms with Crippen molar-refractivity contribution in [3.8, 4) is 0 Å². The second-order valence-corrected chi connectivity index (χ2v) is 8.04. The fraction of sp³-hybridized carbons (Fsp3) is 0.429. The van der Waals surface area contributed by atoms with Crippen molar-refractivity contribution in [2.24, 2.45) is 5.41 Å². The third kappa shape index (κ3) is 2.51. The summed E-state index contributed by atoms with van der Waals surface area (Å²) in [6, 6.07) is 12.3. The molecule has 0 bridgehead atoms. The topological polar surface area (TPSA) is 83.2 Å². The van der Waals surface area contributed by atoms with Gasteiger partial charge in [0, 0.05) is 29.6 Å². The fourth-order valence-electron chi connectivity index (χ4n) is 5.04. The summed E-state index contributed by atoms with van der Waals surface area (Å²) in [5.74, 6) is 0. The maximum Gasteiger partial charge on any atom is 0.143 e. The Morgan fingerprint density at radius 3 is 2.74 bits per heavy atom. The van der Waals surface area contributed by atoms with Crippen molar-refractivity contribution in [1.82, 2.24) is 19.9 Å². The molecule has 3 N–H and O–H groups in total. The molecule has 2 aromatic heterocycles. The van der Waals surface area contributed by atoms with E-state index in [1.54, 1.807) is 6.33 Å². The van der Waals surface area contributed by atoms with Gasteiger partial charge in [-0.15, -0.1) is 0 Å². The van der Waals surface area contributed by atoms with Crippen molar-refractivity contribution < 1.29 is 10.2 Å². The summed E-state index contributed by atoms with van der Waals surface area (Å²) in [5.41, 5.74) is 2.65. The zero-order valence-corrected chi connectivity index (χ0v) is 15.3. The number of rotatable bonds is 2. The van der Waals surface area contributed by atoms with E-state index in [4.69, 9.17) is 0 Å². The van der Waals surface area contributed by atoms with Gasteiger partial charge < -0.3 is 20.1 Å². The quantitative estimate of drug-likeness (QED) is 0.649. The monoisotopic (exact) mass is 364 g/mol. The van der Waals surface area contributed by atoms with E-state index in [1.807, 2.05) is 42.0 Å². The molecule has 0 radical (unpaired) electrons. The molecule has 140 valence electrons. The highest BCUT2D eigenvalue weighted by atomic mass is 16.3. The average Bonchev–Trinajstić information content (AvgIpc) is 3.37. The molecule has 27 heavy (non-hydrogen) atoms. The molecular weight excluding hydrogens is 340 g/mol. The summed E-state index contributed by atoms with van der Waals surface area (Å²) < 4.78 is 2.02. The van der Waals surface area contributed by atoms with Crippen LogP contribution >= 0.6 is 0 Å². The number of aromatic nitrogens is 3. The lowest BCUT2D eigenvalue weighted by Gasteiger charge is -2.27. The van der Waals surface area contributed by atoms with Crippen LogP contribution in [0.25, 0.3) is 11.0 Å². The minimum absolute atomic E-state index is 0.192. The highest BCUT2D eigenvalue weighted by Gasteiger charge is 2.56. The van der Waals surface area contributed by atoms with Gasteiger partial charge >= 0.3 is 0 Å². The third-order valence-corrected chi connectivity index (χ3v) is 6.54. The Balaban J connectivity index is 1.47. The lowest BCUT2D eigenvalue weighted by atomic mass is 9.80. The lowest BCUT2D eigenvalue weighted by molar-refractivity contribution is -0.0218. The Morgan fingerprint density at radius 2 is 1.93 bits per heavy atom. The van der Waals surface area contributed by atoms with Crippen LogP contribution in [0.5, 0.6) is 0 Å². The van der Waals surface area contributed by atoms with Crippen molar-refractivity contribution in [2.45, 2.75) is 44.1 Å². The zero-order valence-electron chi connectivity index (χ0n) is 15.3. The van der Waals surface area contributed by atoms with Crippen molar-refractivity contribution in [2.75, 3.05) is 6.54 Å². The van der Waals surface area contributed by atoms with Crippen molar-refractivity contribution >= 4 is 11.0 Å². The molecular formula is C21H24N4O2. The molecule has 1 spiro atoms. The molecule has 5 atom stereocenters. The first kappa shape index (κ1) is 16.9. The number of aliphatic hydroxyl groups excluding tert-OH is 2. The number of fused-ring (bicyclic) bond motifs is 1. The number of aryl methyl sites for hydroxylation is 1. The average molecular weight is 364 g/mol. The normalized spacial score (nSPS) is 33.3. The van der Waals surface area contributed by atoms with E-state index < -0.39 is 12.2 Å². The molecule has 1 aromatic carbocycles. The second-order valence-electron chi connectivity index (χ2n) is 8.04. The van der Waals surface area contributed by atoms with E-state index in [9.17, 15) is 10.2 Å². The Morgan fingerprint density at radius 1 is 1.11 bits per heavy atom. The molecule has 2 aliphatic rings. The minimum Gasteiger partial charge on any atom is -0.390 e. The summed E-state index contributed by atoms with van der Waals surface area (Å²) in [6.45, 7) is 2.66. The van der Waals surface area contributed by atoms with Crippen LogP contribution in [0.2, 0.25) is 0 Å². The highest BCUT2D eigenvalue weighted by Crippen LogP contribution is 2.52. The predicted molar refractivity (Wildman–Crippen MR) is 102 cm³/mol. The fourth-order valence-corrected chi connectivity index (χ4v) is 5.04. The van der Waals surface area contributed by atoms with Gasteiger partial charge in [0.2, 0.25) is 0 Å². The van der Waals surface area contributed by atoms with Crippen LogP contribution in [-0.2, 0) is 0 Å². The van der Waals surface area contributed by atoms with Crippen LogP contribution < -0.4 is 5.32 Å². The molecule has 6 heteroatoms. The number of hydrogen-bond donors (Lipinski definition) is 3. The molecule has 5 rings (SSSR count). The highest BCUT2D eigenvalue weighted by molar-refractivity contribution is 5.78. The number of hydrogen-bond acceptors (Lipinski definition) is 5. The Hall–Kier alpha value is -2.28. The summed E-state index contributed by atoms with van der Waals surface area (Å²) in [6.07, 6.45) is 3.49. The van der Waals surface area contributed by atoms with Crippen molar-refractivity contribution in [1.29, 1.82) is 0 Å². The molecule has 5 unspecified atom stereocenters. The van der Waals surface area contributed by atoms with E-state index >= 15 is 0 Å². The van der Waals surface area contributed by atoms with Gasteiger partial charge in [-0.05, 0) is 31.4 Å². The van der Waals surface area contributed by atoms with Gasteiger partial charge in [-0.2, -0.15) is 0 Å². The molecule has 1 aliphatic heterocycles. The lowest BCUT2D eigenvalue weighted by Crippen LogP contribution is -2.38. The molecule has 1 saturated carbocycles. The minimum atomic E-state index is -0.813. The van der Waals surface area contributed by atoms with E-state index in [1.165, 1.54) is 5.56 Å². The van der Waals surface area contributed by atoms with Crippen molar-refractivity contribution in [3.05, 3.63) is 60.2 Å². The van der Waals surface area contributed by atoms with Gasteiger partial charge in [0.1, 0.15) is 18.1 Å². The van der Waals surface area contributed by atoms with E-state index in [0.29, 0.717) is 6.54 Å². The first-order valence-electron chi connectivity index (χ1n) is 9.52. The Bertz CT molecular complexity index is 973. The van der Waals surface area contributed by atoms with Crippen LogP contribution in [0.4, 0.5) is 0 Å². The first-order chi connectivity index (χ1) is 13.1. The van der Waals surface area contributed by atoms with E-state index in [-0.39, 0.29) is 17.5 Å². The number of nitrogens with one attached hydrogen (secondary N) is 1. The van der Waals surface area contributed by atoms with Crippen LogP contribution in [0, 0.1) is 12.3 Å². The first-order valence-corrected chi connectivity index (χ1v) is 9.52. The summed E-state index contributed by atoms with van der Waals surface area (Å²) >= 11 is 0. The zero-order chi connectivity index (χ0) is 18.6. The van der Waals surface area contributed by atoms with Crippen molar-refractivity contribution in [3.63, 3.8) is 0 Å². The number of aliphatic hydroxyl groups is 2. The second kappa shape index (κ2) is 6.12. The molecule has 1 aliphatic carbocycles. The van der Waals surface area contributed by atoms with E-state index in [2.05, 4.69) is 27.4 Å². The Labute approximate surface area is 157 Å². The summed E-state index contributed by atoms with van der Waals surface area (Å²) in [5, 5.41) is 26.4. The summed E-state index contributed by atoms with van der Waals surface area (Å²) in [4.78, 5) is 8.68. The molecule has 1 saturated heterocycles. The van der Waals surface area contributed by atoms with Crippen LogP contribution in [0.3, 0.4) is 0 Å². The maximum absolute atomic E-state index is 11.0. The van der Waals surface area contributed by atoms with Crippen LogP contribution in [0.15, 0.2) is 48.9 Å². The third-order valence-electron chi connectivity index (χ3n) is 6.54. The Kier molecular flexibility index (Phi) is 3.82. The van der Waals surface area contributed by atoms with Gasteiger partial charge in [0.25, 0.3) is 0 Å². The smallest absolute Gasteiger partial charge is 0.143 e. The van der Waals surface area contributed by atoms with Gasteiger partial charge in [-0.3, -0.25) is 0 Å². The molecule has 6 nitrogen and oxygen atoms in total. The SMILES string of the molecule is Cc1ncnc2c1ccn2C1CC2(CNC(c3ccccc3)C2)C(O)C1O. The maximum atomic E-state index is 11.0. The predicted octanol–water partition coefficient (Wildman–Crippen LogP) is 2.13. The van der Waals surface area contributed by atoms with Crippen LogP contribution in [0.1, 0.15) is 36.2 Å². The van der Waals surface area contributed by atoms with E-state index in [0.717, 1.165) is 29.6 Å². The molecule has 3 aromatic rings. The number of nitrogens with zero attached hydrogens (tertiary/aromatic N) is 3. The summed E-state index contributed by atoms with van der Waals surface area (Å²) in [7, 11) is 0. The standard InChI is InChI=1S/C21H24N4O2/c1-13-15-7-8-25(20(15)24-12-23-13)17-10-21(19(27)18(17)26)9-16(22-11-21)14-5-3-2-4-6-14/h2-8,12,16-19,22,26-27H,9-11H2,1H3. The number of benzene rings is 1.